The van der Waals surface area contributed by atoms with Crippen LogP contribution in [0.1, 0.15) is 35.4 Å². The van der Waals surface area contributed by atoms with E-state index >= 15 is 0 Å². The maximum Gasteiger partial charge on any atom is 0.263 e. The van der Waals surface area contributed by atoms with Gasteiger partial charge < -0.3 is 0 Å². The highest BCUT2D eigenvalue weighted by Gasteiger charge is 2.17. The second kappa shape index (κ2) is 4.71. The Labute approximate surface area is 92.1 Å². The van der Waals surface area contributed by atoms with Gasteiger partial charge in [-0.25, -0.2) is 8.78 Å². The first-order valence-corrected chi connectivity index (χ1v) is 4.90. The van der Waals surface area contributed by atoms with E-state index in [-0.39, 0.29) is 11.3 Å². The molecule has 0 saturated carbocycles. The summed E-state index contributed by atoms with van der Waals surface area (Å²) in [4.78, 5) is 11.1. The normalized spacial score (nSPS) is 12.9. The number of benzene rings is 1. The first kappa shape index (κ1) is 12.1. The molecule has 0 spiro atoms. The Bertz CT molecular complexity index is 377. The molecule has 0 N–H and O–H groups in total. The predicted octanol–water partition coefficient (Wildman–Crippen LogP) is 3.80. The van der Waals surface area contributed by atoms with Crippen molar-refractivity contribution in [3.63, 3.8) is 0 Å². The van der Waals surface area contributed by atoms with E-state index in [1.807, 2.05) is 0 Å². The number of hydrogen-bond donors (Lipinski definition) is 0. The van der Waals surface area contributed by atoms with Gasteiger partial charge in [0.2, 0.25) is 0 Å². The van der Waals surface area contributed by atoms with Gasteiger partial charge >= 0.3 is 0 Å². The monoisotopic (exact) mass is 232 g/mol. The Morgan fingerprint density at radius 1 is 1.40 bits per heavy atom. The molecule has 0 aromatic heterocycles. The highest BCUT2D eigenvalue weighted by Crippen LogP contribution is 2.29. The lowest BCUT2D eigenvalue weighted by Crippen LogP contribution is -2.04. The Balaban J connectivity index is 3.16. The summed E-state index contributed by atoms with van der Waals surface area (Å²) in [5.41, 5.74) is 1.10. The second-order valence-corrected chi connectivity index (χ2v) is 3.83. The van der Waals surface area contributed by atoms with E-state index < -0.39 is 11.8 Å². The van der Waals surface area contributed by atoms with Crippen LogP contribution in [-0.4, -0.2) is 5.78 Å². The van der Waals surface area contributed by atoms with Crippen LogP contribution in [0.2, 0.25) is 0 Å². The molecule has 0 aliphatic carbocycles. The first-order chi connectivity index (χ1) is 6.93. The molecule has 0 fully saturated rings. The van der Waals surface area contributed by atoms with E-state index in [0.29, 0.717) is 5.56 Å². The fourth-order valence-electron chi connectivity index (χ4n) is 1.29. The van der Waals surface area contributed by atoms with Crippen molar-refractivity contribution >= 4 is 17.4 Å². The molecule has 1 unspecified atom stereocenters. The van der Waals surface area contributed by atoms with Crippen LogP contribution in [0.4, 0.5) is 8.78 Å². The van der Waals surface area contributed by atoms with Gasteiger partial charge in [0.1, 0.15) is 5.38 Å². The summed E-state index contributed by atoms with van der Waals surface area (Å²) < 4.78 is 24.8. The molecule has 0 bridgehead atoms. The Kier molecular flexibility index (Phi) is 3.80. The summed E-state index contributed by atoms with van der Waals surface area (Å²) in [6.07, 6.45) is -2.54. The zero-order valence-corrected chi connectivity index (χ0v) is 9.18. The number of aryl methyl sites for hydroxylation is 1. The van der Waals surface area contributed by atoms with E-state index in [9.17, 15) is 13.6 Å². The number of halogens is 3. The topological polar surface area (TPSA) is 17.1 Å². The Hall–Kier alpha value is -0.960. The average molecular weight is 233 g/mol. The lowest BCUT2D eigenvalue weighted by molar-refractivity contribution is -0.116. The van der Waals surface area contributed by atoms with Crippen LogP contribution in [0.5, 0.6) is 0 Å². The highest BCUT2D eigenvalue weighted by molar-refractivity contribution is 6.30. The number of hydrogen-bond acceptors (Lipinski definition) is 1. The molecule has 1 aromatic carbocycles. The van der Waals surface area contributed by atoms with Gasteiger partial charge in [0.05, 0.1) is 0 Å². The molecule has 0 aliphatic rings. The third-order valence-corrected chi connectivity index (χ3v) is 2.73. The van der Waals surface area contributed by atoms with E-state index in [1.165, 1.54) is 19.1 Å². The van der Waals surface area contributed by atoms with E-state index in [1.54, 1.807) is 13.0 Å². The summed E-state index contributed by atoms with van der Waals surface area (Å²) in [6.45, 7) is 3.08. The van der Waals surface area contributed by atoms with Crippen molar-refractivity contribution in [3.05, 3.63) is 34.9 Å². The summed E-state index contributed by atoms with van der Waals surface area (Å²) in [5.74, 6) is -0.244. The molecule has 4 heteroatoms. The van der Waals surface area contributed by atoms with E-state index in [0.717, 1.165) is 5.56 Å². The minimum Gasteiger partial charge on any atom is -0.298 e. The van der Waals surface area contributed by atoms with Crippen LogP contribution in [-0.2, 0) is 4.79 Å². The number of rotatable bonds is 3. The van der Waals surface area contributed by atoms with Crippen molar-refractivity contribution in [2.24, 2.45) is 0 Å². The van der Waals surface area contributed by atoms with Crippen LogP contribution in [0.25, 0.3) is 0 Å². The lowest BCUT2D eigenvalue weighted by Gasteiger charge is -2.11. The highest BCUT2D eigenvalue weighted by atomic mass is 35.5. The zero-order valence-electron chi connectivity index (χ0n) is 8.43. The molecule has 0 radical (unpaired) electrons. The molecule has 1 rings (SSSR count). The summed E-state index contributed by atoms with van der Waals surface area (Å²) >= 11 is 5.83. The molecule has 0 amide bonds. The largest absolute Gasteiger partial charge is 0.298 e. The first-order valence-electron chi connectivity index (χ1n) is 4.46. The minimum atomic E-state index is -2.54. The summed E-state index contributed by atoms with van der Waals surface area (Å²) in [5, 5.41) is -0.844. The molecule has 1 atom stereocenters. The second-order valence-electron chi connectivity index (χ2n) is 3.39. The molecule has 1 aromatic rings. The molecule has 15 heavy (non-hydrogen) atoms. The van der Waals surface area contributed by atoms with Crippen molar-refractivity contribution in [3.8, 4) is 0 Å². The molecule has 82 valence electrons. The van der Waals surface area contributed by atoms with Crippen molar-refractivity contribution in [1.29, 1.82) is 0 Å². The minimum absolute atomic E-state index is 0.109. The maximum atomic E-state index is 12.4. The SMILES string of the molecule is CC(=O)C(Cl)c1cc(C(F)F)ccc1C. The number of carbonyl (C=O) groups is 1. The van der Waals surface area contributed by atoms with Crippen LogP contribution in [0.15, 0.2) is 18.2 Å². The standard InChI is InChI=1S/C11H11ClF2O/c1-6-3-4-8(11(13)14)5-9(6)10(12)7(2)15/h3-5,10-11H,1-2H3. The molecule has 0 heterocycles. The number of carbonyl (C=O) groups excluding carboxylic acids is 1. The van der Waals surface area contributed by atoms with Crippen LogP contribution >= 0.6 is 11.6 Å². The van der Waals surface area contributed by atoms with Gasteiger partial charge in [-0.3, -0.25) is 4.79 Å². The lowest BCUT2D eigenvalue weighted by atomic mass is 10.0. The fourth-order valence-corrected chi connectivity index (χ4v) is 1.52. The number of ketones is 1. The van der Waals surface area contributed by atoms with Crippen molar-refractivity contribution in [1.82, 2.24) is 0 Å². The zero-order chi connectivity index (χ0) is 11.6. The summed E-state index contributed by atoms with van der Waals surface area (Å²) in [6, 6.07) is 4.18. The fraction of sp³-hybridized carbons (Fsp3) is 0.364. The third-order valence-electron chi connectivity index (χ3n) is 2.19. The number of Topliss-reactive ketones (excluding diaryl/α,β-unsaturated/α-hetero) is 1. The molecule has 1 nitrogen and oxygen atoms in total. The van der Waals surface area contributed by atoms with Crippen molar-refractivity contribution in [2.75, 3.05) is 0 Å². The smallest absolute Gasteiger partial charge is 0.263 e. The van der Waals surface area contributed by atoms with E-state index in [4.69, 9.17) is 11.6 Å². The van der Waals surface area contributed by atoms with Crippen LogP contribution < -0.4 is 0 Å². The van der Waals surface area contributed by atoms with Gasteiger partial charge in [-0.05, 0) is 31.0 Å². The Morgan fingerprint density at radius 2 is 2.00 bits per heavy atom. The maximum absolute atomic E-state index is 12.4. The summed E-state index contributed by atoms with van der Waals surface area (Å²) in [7, 11) is 0. The van der Waals surface area contributed by atoms with E-state index in [2.05, 4.69) is 0 Å². The van der Waals surface area contributed by atoms with Crippen molar-refractivity contribution < 1.29 is 13.6 Å². The predicted molar refractivity (Wildman–Crippen MR) is 55.4 cm³/mol. The van der Waals surface area contributed by atoms with Gasteiger partial charge in [-0.2, -0.15) is 0 Å². The molecule has 0 saturated heterocycles. The van der Waals surface area contributed by atoms with Gasteiger partial charge in [-0.15, -0.1) is 11.6 Å². The van der Waals surface area contributed by atoms with Gasteiger partial charge in [-0.1, -0.05) is 12.1 Å². The Morgan fingerprint density at radius 3 is 2.47 bits per heavy atom. The average Bonchev–Trinajstić information content (AvgIpc) is 2.16. The quantitative estimate of drug-likeness (QED) is 0.725. The van der Waals surface area contributed by atoms with Gasteiger partial charge in [0.25, 0.3) is 6.43 Å². The molecular formula is C11H11ClF2O. The number of alkyl halides is 3. The van der Waals surface area contributed by atoms with Gasteiger partial charge in [0.15, 0.2) is 5.78 Å². The van der Waals surface area contributed by atoms with Crippen LogP contribution in [0.3, 0.4) is 0 Å². The molecular weight excluding hydrogens is 222 g/mol. The third kappa shape index (κ3) is 2.75. The van der Waals surface area contributed by atoms with Crippen LogP contribution in [0, 0.1) is 6.92 Å². The molecule has 0 aliphatic heterocycles. The van der Waals surface area contributed by atoms with Crippen molar-refractivity contribution in [2.45, 2.75) is 25.7 Å². The van der Waals surface area contributed by atoms with Gasteiger partial charge in [0, 0.05) is 5.56 Å².